The van der Waals surface area contributed by atoms with Gasteiger partial charge in [0.25, 0.3) is 0 Å². The van der Waals surface area contributed by atoms with Gasteiger partial charge in [-0.3, -0.25) is 0 Å². The fourth-order valence-corrected chi connectivity index (χ4v) is 6.16. The molecule has 10 nitrogen and oxygen atoms in total. The summed E-state index contributed by atoms with van der Waals surface area (Å²) in [5.41, 5.74) is 5.15. The average Bonchev–Trinajstić information content (AvgIpc) is 4.06. The fourth-order valence-electron chi connectivity index (χ4n) is 6.00. The van der Waals surface area contributed by atoms with Crippen molar-refractivity contribution in [2.24, 2.45) is 0 Å². The molecule has 0 spiro atoms. The van der Waals surface area contributed by atoms with Crippen LogP contribution < -0.4 is 0 Å². The van der Waals surface area contributed by atoms with Crippen LogP contribution in [0, 0.1) is 11.6 Å². The highest BCUT2D eigenvalue weighted by molar-refractivity contribution is 6.51. The van der Waals surface area contributed by atoms with Gasteiger partial charge in [0.05, 0.1) is 51.4 Å². The normalized spacial score (nSPS) is 17.3. The van der Waals surface area contributed by atoms with Crippen LogP contribution in [0.3, 0.4) is 0 Å². The van der Waals surface area contributed by atoms with E-state index < -0.39 is 0 Å². The molecular formula is C38H38BClF2N8O2. The third-order valence-corrected chi connectivity index (χ3v) is 9.80. The van der Waals surface area contributed by atoms with Crippen LogP contribution in [0.5, 0.6) is 0 Å². The van der Waals surface area contributed by atoms with Crippen molar-refractivity contribution in [1.29, 1.82) is 0 Å². The Kier molecular flexibility index (Phi) is 9.53. The minimum atomic E-state index is -0.253. The standard InChI is InChI=1S/C16H13FN4.C14H10ClFN4.C8H15BO2/c1-2-12-7-10(9-18-20-12)16-19-14-6-3-11(17)8-15(14)21(16)13-4-5-13;15-13-5-8(7-17-19-13)14-18-11-4-1-9(16)6-12(11)20(14)10-2-3-10;1-6-9-10-7(2,3)8(4,5)11-9/h2-3,6-9,13H,1,4-5H2;1,4-7,10H,2-3H2;6H,1H2,2-5H3. The molecule has 0 radical (unpaired) electrons. The average molecular weight is 723 g/mol. The first-order valence-electron chi connectivity index (χ1n) is 17.1. The van der Waals surface area contributed by atoms with Crippen LogP contribution in [0.25, 0.3) is 50.9 Å². The van der Waals surface area contributed by atoms with Crippen LogP contribution in [0.1, 0.15) is 71.2 Å². The number of fused-ring (bicyclic) bond motifs is 2. The van der Waals surface area contributed by atoms with Crippen molar-refractivity contribution in [1.82, 2.24) is 39.5 Å². The molecule has 0 N–H and O–H groups in total. The smallest absolute Gasteiger partial charge is 0.400 e. The molecule has 4 aromatic heterocycles. The molecule has 5 heterocycles. The number of hydrogen-bond donors (Lipinski definition) is 0. The number of aromatic nitrogens is 8. The van der Waals surface area contributed by atoms with Gasteiger partial charge in [-0.05, 0) is 108 Å². The summed E-state index contributed by atoms with van der Waals surface area (Å²) in [6, 6.07) is 13.8. The zero-order valence-corrected chi connectivity index (χ0v) is 30.2. The Balaban J connectivity index is 0.000000128. The van der Waals surface area contributed by atoms with Crippen molar-refractivity contribution in [2.75, 3.05) is 0 Å². The van der Waals surface area contributed by atoms with Crippen LogP contribution in [0.4, 0.5) is 8.78 Å². The molecular weight excluding hydrogens is 685 g/mol. The van der Waals surface area contributed by atoms with Gasteiger partial charge in [0.15, 0.2) is 5.15 Å². The third kappa shape index (κ3) is 7.26. The SMILES string of the molecule is C=CB1OC(C)(C)C(C)(C)O1.C=Cc1cc(-c2nc3ccc(F)cc3n2C2CC2)cnn1.Fc1ccc2nc(-c3cnnc(Cl)c3)n(C3CC3)c2c1. The Hall–Kier alpha value is -4.85. The quantitative estimate of drug-likeness (QED) is 0.157. The highest BCUT2D eigenvalue weighted by Gasteiger charge is 2.49. The molecule has 2 aromatic carbocycles. The topological polar surface area (TPSA) is 106 Å². The van der Waals surface area contributed by atoms with Gasteiger partial charge >= 0.3 is 7.12 Å². The number of rotatable bonds is 6. The molecule has 52 heavy (non-hydrogen) atoms. The van der Waals surface area contributed by atoms with E-state index in [9.17, 15) is 8.78 Å². The third-order valence-electron chi connectivity index (χ3n) is 9.61. The van der Waals surface area contributed by atoms with E-state index in [0.29, 0.717) is 22.9 Å². The molecule has 0 unspecified atom stereocenters. The zero-order chi connectivity index (χ0) is 36.8. The van der Waals surface area contributed by atoms with Gasteiger partial charge < -0.3 is 18.4 Å². The minimum absolute atomic E-state index is 0.230. The van der Waals surface area contributed by atoms with E-state index in [-0.39, 0.29) is 30.0 Å². The molecule has 1 aliphatic heterocycles. The van der Waals surface area contributed by atoms with Crippen molar-refractivity contribution in [3.05, 3.63) is 103 Å². The summed E-state index contributed by atoms with van der Waals surface area (Å²) in [7, 11) is -0.250. The lowest BCUT2D eigenvalue weighted by atomic mass is 9.90. The van der Waals surface area contributed by atoms with Crippen molar-refractivity contribution < 1.29 is 18.1 Å². The molecule has 0 bridgehead atoms. The van der Waals surface area contributed by atoms with E-state index in [1.54, 1.807) is 48.7 Å². The number of benzene rings is 2. The largest absolute Gasteiger partial charge is 0.486 e. The van der Waals surface area contributed by atoms with Crippen molar-refractivity contribution in [2.45, 2.75) is 76.7 Å². The van der Waals surface area contributed by atoms with Gasteiger partial charge in [0.2, 0.25) is 0 Å². The summed E-state index contributed by atoms with van der Waals surface area (Å²) in [5, 5.41) is 15.9. The van der Waals surface area contributed by atoms with Gasteiger partial charge in [0.1, 0.15) is 23.3 Å². The first-order valence-corrected chi connectivity index (χ1v) is 17.5. The Labute approximate surface area is 305 Å². The molecule has 3 aliphatic rings. The van der Waals surface area contributed by atoms with Gasteiger partial charge in [-0.2, -0.15) is 15.3 Å². The van der Waals surface area contributed by atoms with Crippen LogP contribution in [0.15, 0.2) is 80.1 Å². The highest BCUT2D eigenvalue weighted by Crippen LogP contribution is 2.42. The van der Waals surface area contributed by atoms with E-state index in [0.717, 1.165) is 70.5 Å². The van der Waals surface area contributed by atoms with Gasteiger partial charge in [0, 0.05) is 23.2 Å². The number of hydrogen-bond acceptors (Lipinski definition) is 8. The predicted molar refractivity (Wildman–Crippen MR) is 199 cm³/mol. The number of imidazole rings is 2. The van der Waals surface area contributed by atoms with Crippen molar-refractivity contribution in [3.63, 3.8) is 0 Å². The maximum absolute atomic E-state index is 13.6. The van der Waals surface area contributed by atoms with Gasteiger partial charge in [-0.1, -0.05) is 24.2 Å². The summed E-state index contributed by atoms with van der Waals surface area (Å²) in [6.07, 6.45) is 9.33. The number of halogens is 3. The molecule has 266 valence electrons. The molecule has 3 fully saturated rings. The first-order chi connectivity index (χ1) is 24.9. The lowest BCUT2D eigenvalue weighted by molar-refractivity contribution is 0.00578. The molecule has 6 aromatic rings. The first kappa shape index (κ1) is 35.6. The lowest BCUT2D eigenvalue weighted by Gasteiger charge is -2.32. The maximum Gasteiger partial charge on any atom is 0.486 e. The van der Waals surface area contributed by atoms with Crippen LogP contribution >= 0.6 is 11.6 Å². The molecule has 2 aliphatic carbocycles. The molecule has 14 heteroatoms. The van der Waals surface area contributed by atoms with E-state index in [1.807, 2.05) is 33.8 Å². The van der Waals surface area contributed by atoms with Crippen molar-refractivity contribution >= 4 is 46.9 Å². The van der Waals surface area contributed by atoms with Gasteiger partial charge in [-0.15, -0.1) is 11.7 Å². The Bertz CT molecular complexity index is 2280. The highest BCUT2D eigenvalue weighted by atomic mass is 35.5. The Morgan fingerprint density at radius 3 is 1.65 bits per heavy atom. The van der Waals surface area contributed by atoms with Crippen molar-refractivity contribution in [3.8, 4) is 22.8 Å². The summed E-state index contributed by atoms with van der Waals surface area (Å²) < 4.78 is 42.4. The fraction of sp³-hybridized carbons (Fsp3) is 0.316. The second-order valence-corrected chi connectivity index (χ2v) is 14.4. The van der Waals surface area contributed by atoms with Crippen LogP contribution in [-0.2, 0) is 9.31 Å². The Morgan fingerprint density at radius 2 is 1.23 bits per heavy atom. The van der Waals surface area contributed by atoms with E-state index in [1.165, 1.54) is 18.2 Å². The lowest BCUT2D eigenvalue weighted by Crippen LogP contribution is -2.41. The zero-order valence-electron chi connectivity index (χ0n) is 29.4. The predicted octanol–water partition coefficient (Wildman–Crippen LogP) is 9.03. The number of nitrogens with zero attached hydrogens (tertiary/aromatic N) is 8. The van der Waals surface area contributed by atoms with Gasteiger partial charge in [-0.25, -0.2) is 18.7 Å². The summed E-state index contributed by atoms with van der Waals surface area (Å²) in [5.74, 6) is 2.77. The molecule has 1 saturated heterocycles. The second-order valence-electron chi connectivity index (χ2n) is 14.0. The summed E-state index contributed by atoms with van der Waals surface area (Å²) in [4.78, 5) is 9.25. The van der Waals surface area contributed by atoms with Crippen LogP contribution in [0.2, 0.25) is 5.15 Å². The molecule has 0 amide bonds. The maximum atomic E-state index is 13.6. The Morgan fingerprint density at radius 1 is 0.750 bits per heavy atom. The summed E-state index contributed by atoms with van der Waals surface area (Å²) >= 11 is 5.90. The minimum Gasteiger partial charge on any atom is -0.400 e. The summed E-state index contributed by atoms with van der Waals surface area (Å²) in [6.45, 7) is 15.4. The van der Waals surface area contributed by atoms with E-state index >= 15 is 0 Å². The molecule has 2 saturated carbocycles. The van der Waals surface area contributed by atoms with E-state index in [2.05, 4.69) is 52.7 Å². The second kappa shape index (κ2) is 13.9. The van der Waals surface area contributed by atoms with Crippen LogP contribution in [-0.4, -0.2) is 57.8 Å². The van der Waals surface area contributed by atoms with E-state index in [4.69, 9.17) is 20.9 Å². The molecule has 0 atom stereocenters. The molecule has 9 rings (SSSR count). The monoisotopic (exact) mass is 722 g/mol.